The van der Waals surface area contributed by atoms with E-state index >= 15 is 0 Å². The second kappa shape index (κ2) is 5.55. The summed E-state index contributed by atoms with van der Waals surface area (Å²) in [5.74, 6) is 0.940. The molecule has 0 unspecified atom stereocenters. The van der Waals surface area contributed by atoms with E-state index in [-0.39, 0.29) is 6.10 Å². The molecule has 1 aromatic heterocycles. The fourth-order valence-electron chi connectivity index (χ4n) is 2.46. The number of nitrogens with one attached hydrogen (secondary N) is 1. The first-order valence-electron chi connectivity index (χ1n) is 6.71. The maximum absolute atomic E-state index is 5.75. The molecule has 2 aromatic rings. The van der Waals surface area contributed by atoms with Gasteiger partial charge in [-0.2, -0.15) is 0 Å². The van der Waals surface area contributed by atoms with Gasteiger partial charge in [-0.15, -0.1) is 0 Å². The standard InChI is InChI=1S/C15H19N3O/c1-18-8-9-19-13(11-18)10-17-15-14-5-3-2-4-12(14)6-7-16-15/h2-7,13H,8-11H2,1H3,(H,16,17)/t13-/m0/s1. The lowest BCUT2D eigenvalue weighted by molar-refractivity contribution is -0.0117. The number of benzene rings is 1. The molecule has 2 heterocycles. The van der Waals surface area contributed by atoms with Crippen molar-refractivity contribution in [2.45, 2.75) is 6.10 Å². The molecule has 4 heteroatoms. The molecule has 0 aliphatic carbocycles. The molecule has 1 saturated heterocycles. The van der Waals surface area contributed by atoms with Gasteiger partial charge in [0.05, 0.1) is 12.7 Å². The van der Waals surface area contributed by atoms with Gasteiger partial charge in [0.1, 0.15) is 5.82 Å². The van der Waals surface area contributed by atoms with Gasteiger partial charge in [0, 0.05) is 31.2 Å². The third kappa shape index (κ3) is 2.85. The zero-order chi connectivity index (χ0) is 13.1. The fourth-order valence-corrected chi connectivity index (χ4v) is 2.46. The van der Waals surface area contributed by atoms with Gasteiger partial charge in [-0.3, -0.25) is 0 Å². The molecule has 1 fully saturated rings. The lowest BCUT2D eigenvalue weighted by atomic mass is 10.1. The molecular weight excluding hydrogens is 238 g/mol. The van der Waals surface area contributed by atoms with Gasteiger partial charge >= 0.3 is 0 Å². The predicted octanol–water partition coefficient (Wildman–Crippen LogP) is 1.98. The first kappa shape index (κ1) is 12.4. The molecule has 19 heavy (non-hydrogen) atoms. The summed E-state index contributed by atoms with van der Waals surface area (Å²) in [6.07, 6.45) is 2.08. The molecule has 0 radical (unpaired) electrons. The van der Waals surface area contributed by atoms with Gasteiger partial charge in [0.2, 0.25) is 0 Å². The Labute approximate surface area is 113 Å². The van der Waals surface area contributed by atoms with Crippen LogP contribution in [-0.2, 0) is 4.74 Å². The minimum Gasteiger partial charge on any atom is -0.374 e. The molecule has 0 saturated carbocycles. The predicted molar refractivity (Wildman–Crippen MR) is 77.5 cm³/mol. The molecule has 0 spiro atoms. The van der Waals surface area contributed by atoms with E-state index in [1.807, 2.05) is 24.4 Å². The van der Waals surface area contributed by atoms with Crippen LogP contribution in [0.2, 0.25) is 0 Å². The summed E-state index contributed by atoms with van der Waals surface area (Å²) in [5, 5.41) is 5.79. The van der Waals surface area contributed by atoms with E-state index in [2.05, 4.69) is 34.4 Å². The van der Waals surface area contributed by atoms with E-state index in [0.29, 0.717) is 0 Å². The average molecular weight is 257 g/mol. The van der Waals surface area contributed by atoms with Gasteiger partial charge < -0.3 is 15.0 Å². The Balaban J connectivity index is 1.71. The first-order chi connectivity index (χ1) is 9.33. The molecule has 0 bridgehead atoms. The number of hydrogen-bond donors (Lipinski definition) is 1. The number of pyridine rings is 1. The number of anilines is 1. The summed E-state index contributed by atoms with van der Waals surface area (Å²) >= 11 is 0. The zero-order valence-electron chi connectivity index (χ0n) is 11.2. The van der Waals surface area contributed by atoms with Gasteiger partial charge in [0.25, 0.3) is 0 Å². The van der Waals surface area contributed by atoms with Crippen LogP contribution in [0.25, 0.3) is 10.8 Å². The summed E-state index contributed by atoms with van der Waals surface area (Å²) < 4.78 is 5.75. The van der Waals surface area contributed by atoms with Crippen LogP contribution in [0, 0.1) is 0 Å². The molecular formula is C15H19N3O. The van der Waals surface area contributed by atoms with Crippen LogP contribution in [0.1, 0.15) is 0 Å². The smallest absolute Gasteiger partial charge is 0.133 e. The second-order valence-corrected chi connectivity index (χ2v) is 5.02. The lowest BCUT2D eigenvalue weighted by Gasteiger charge is -2.30. The van der Waals surface area contributed by atoms with Crippen molar-refractivity contribution in [3.63, 3.8) is 0 Å². The topological polar surface area (TPSA) is 37.4 Å². The van der Waals surface area contributed by atoms with E-state index in [1.54, 1.807) is 0 Å². The van der Waals surface area contributed by atoms with Crippen molar-refractivity contribution >= 4 is 16.6 Å². The second-order valence-electron chi connectivity index (χ2n) is 5.02. The minimum atomic E-state index is 0.236. The summed E-state index contributed by atoms with van der Waals surface area (Å²) in [7, 11) is 2.13. The highest BCUT2D eigenvalue weighted by Crippen LogP contribution is 2.20. The van der Waals surface area contributed by atoms with Crippen LogP contribution in [0.5, 0.6) is 0 Å². The summed E-state index contributed by atoms with van der Waals surface area (Å²) in [6.45, 7) is 3.60. The van der Waals surface area contributed by atoms with Crippen LogP contribution >= 0.6 is 0 Å². The molecule has 0 amide bonds. The number of likely N-dealkylation sites (N-methyl/N-ethyl adjacent to an activating group) is 1. The number of nitrogens with zero attached hydrogens (tertiary/aromatic N) is 2. The van der Waals surface area contributed by atoms with E-state index in [9.17, 15) is 0 Å². The molecule has 1 aromatic carbocycles. The van der Waals surface area contributed by atoms with E-state index in [0.717, 1.165) is 37.4 Å². The average Bonchev–Trinajstić information content (AvgIpc) is 2.45. The van der Waals surface area contributed by atoms with E-state index in [1.165, 1.54) is 5.39 Å². The highest BCUT2D eigenvalue weighted by atomic mass is 16.5. The van der Waals surface area contributed by atoms with Crippen molar-refractivity contribution in [3.05, 3.63) is 36.5 Å². The molecule has 4 nitrogen and oxygen atoms in total. The van der Waals surface area contributed by atoms with Crippen molar-refractivity contribution in [1.82, 2.24) is 9.88 Å². The Morgan fingerprint density at radius 3 is 3.16 bits per heavy atom. The maximum Gasteiger partial charge on any atom is 0.133 e. The summed E-state index contributed by atoms with van der Waals surface area (Å²) in [5.41, 5.74) is 0. The van der Waals surface area contributed by atoms with Crippen molar-refractivity contribution in [2.75, 3.05) is 38.6 Å². The molecule has 1 aliphatic heterocycles. The SMILES string of the molecule is CN1CCO[C@@H](CNc2nccc3ccccc23)C1. The van der Waals surface area contributed by atoms with Crippen molar-refractivity contribution in [1.29, 1.82) is 0 Å². The molecule has 3 rings (SSSR count). The third-order valence-electron chi connectivity index (χ3n) is 3.51. The zero-order valence-corrected chi connectivity index (χ0v) is 11.2. The van der Waals surface area contributed by atoms with Gasteiger partial charge in [0.15, 0.2) is 0 Å². The molecule has 1 aliphatic rings. The monoisotopic (exact) mass is 257 g/mol. The molecule has 1 N–H and O–H groups in total. The highest BCUT2D eigenvalue weighted by molar-refractivity contribution is 5.91. The third-order valence-corrected chi connectivity index (χ3v) is 3.51. The first-order valence-corrected chi connectivity index (χ1v) is 6.71. The Morgan fingerprint density at radius 1 is 1.37 bits per heavy atom. The minimum absolute atomic E-state index is 0.236. The van der Waals surface area contributed by atoms with E-state index < -0.39 is 0 Å². The van der Waals surface area contributed by atoms with Crippen LogP contribution in [0.4, 0.5) is 5.82 Å². The Bertz CT molecular complexity index is 553. The molecule has 1 atom stereocenters. The van der Waals surface area contributed by atoms with Gasteiger partial charge in [-0.1, -0.05) is 24.3 Å². The van der Waals surface area contributed by atoms with Gasteiger partial charge in [-0.05, 0) is 18.5 Å². The number of fused-ring (bicyclic) bond motifs is 1. The Hall–Kier alpha value is -1.65. The van der Waals surface area contributed by atoms with Crippen molar-refractivity contribution in [3.8, 4) is 0 Å². The van der Waals surface area contributed by atoms with Crippen LogP contribution in [0.3, 0.4) is 0 Å². The van der Waals surface area contributed by atoms with Crippen molar-refractivity contribution in [2.24, 2.45) is 0 Å². The number of rotatable bonds is 3. The molecule has 100 valence electrons. The fraction of sp³-hybridized carbons (Fsp3) is 0.400. The van der Waals surface area contributed by atoms with Gasteiger partial charge in [-0.25, -0.2) is 4.98 Å². The number of aromatic nitrogens is 1. The summed E-state index contributed by atoms with van der Waals surface area (Å²) in [6, 6.07) is 10.3. The largest absolute Gasteiger partial charge is 0.374 e. The van der Waals surface area contributed by atoms with Crippen LogP contribution < -0.4 is 5.32 Å². The quantitative estimate of drug-likeness (QED) is 0.912. The van der Waals surface area contributed by atoms with E-state index in [4.69, 9.17) is 4.74 Å². The van der Waals surface area contributed by atoms with Crippen molar-refractivity contribution < 1.29 is 4.74 Å². The van der Waals surface area contributed by atoms with Crippen LogP contribution in [-0.4, -0.2) is 49.3 Å². The number of hydrogen-bond acceptors (Lipinski definition) is 4. The number of ether oxygens (including phenoxy) is 1. The Kier molecular flexibility index (Phi) is 3.62. The summed E-state index contributed by atoms with van der Waals surface area (Å²) in [4.78, 5) is 6.73. The Morgan fingerprint density at radius 2 is 2.26 bits per heavy atom. The normalized spacial score (nSPS) is 20.6. The number of morpholine rings is 1. The highest BCUT2D eigenvalue weighted by Gasteiger charge is 2.17. The maximum atomic E-state index is 5.75. The lowest BCUT2D eigenvalue weighted by Crippen LogP contribution is -2.43. The van der Waals surface area contributed by atoms with Crippen LogP contribution in [0.15, 0.2) is 36.5 Å².